The molecule has 0 fully saturated rings. The molecule has 0 unspecified atom stereocenters. The molecule has 0 saturated carbocycles. The minimum Gasteiger partial charge on any atom is -0.454 e. The van der Waals surface area contributed by atoms with Gasteiger partial charge in [0, 0.05) is 23.6 Å². The number of rotatable bonds is 12. The highest BCUT2D eigenvalue weighted by molar-refractivity contribution is 7.90. The number of hydrogen-bond acceptors (Lipinski definition) is 7. The molecule has 1 heterocycles. The van der Waals surface area contributed by atoms with Crippen LogP contribution in [0.1, 0.15) is 39.0 Å². The maximum Gasteiger partial charge on any atom is 0.387 e. The molecule has 0 atom stereocenters. The lowest BCUT2D eigenvalue weighted by Crippen LogP contribution is -2.13. The highest BCUT2D eigenvalue weighted by Gasteiger charge is 2.28. The number of ketones is 1. The van der Waals surface area contributed by atoms with Gasteiger partial charge in [-0.2, -0.15) is 13.9 Å². The van der Waals surface area contributed by atoms with Crippen LogP contribution in [0, 0.1) is 18.6 Å². The normalized spacial score (nSPS) is 12.7. The second kappa shape index (κ2) is 12.7. The third-order valence-corrected chi connectivity index (χ3v) is 8.72. The van der Waals surface area contributed by atoms with Crippen molar-refractivity contribution in [2.24, 2.45) is 0 Å². The van der Waals surface area contributed by atoms with E-state index >= 15 is 4.39 Å². The van der Waals surface area contributed by atoms with Gasteiger partial charge >= 0.3 is 6.61 Å². The molecule has 45 heavy (non-hydrogen) atoms. The van der Waals surface area contributed by atoms with Gasteiger partial charge in [-0.3, -0.25) is 9.18 Å². The predicted molar refractivity (Wildman–Crippen MR) is 156 cm³/mol. The third-order valence-electron chi connectivity index (χ3n) is 7.06. The van der Waals surface area contributed by atoms with E-state index in [-0.39, 0.29) is 58.3 Å². The zero-order valence-electron chi connectivity index (χ0n) is 23.7. The van der Waals surface area contributed by atoms with Gasteiger partial charge in [0.2, 0.25) is 0 Å². The molecular weight excluding hydrogens is 621 g/mol. The number of carbonyl (C=O) groups excluding carboxylic acids is 1. The van der Waals surface area contributed by atoms with Gasteiger partial charge < -0.3 is 15.2 Å². The van der Waals surface area contributed by atoms with Crippen molar-refractivity contribution in [3.05, 3.63) is 99.8 Å². The summed E-state index contributed by atoms with van der Waals surface area (Å²) in [6.45, 7) is -2.53. The number of aromatic nitrogens is 2. The smallest absolute Gasteiger partial charge is 0.387 e. The molecule has 0 amide bonds. The molecule has 5 rings (SSSR count). The van der Waals surface area contributed by atoms with Crippen LogP contribution < -0.4 is 15.2 Å². The number of anilines is 1. The first-order valence-corrected chi connectivity index (χ1v) is 15.4. The Hall–Kier alpha value is -4.72. The molecule has 0 aliphatic heterocycles. The highest BCUT2D eigenvalue weighted by Crippen LogP contribution is 2.36. The number of para-hydroxylation sites is 1. The molecule has 1 aliphatic rings. The average Bonchev–Trinajstić information content (AvgIpc) is 3.55. The summed E-state index contributed by atoms with van der Waals surface area (Å²) in [6, 6.07) is 10.7. The number of allylic oxidation sites excluding steroid dienone is 1. The van der Waals surface area contributed by atoms with Gasteiger partial charge in [0.25, 0.3) is 0 Å². The molecule has 0 radical (unpaired) electrons. The number of nitrogens with zero attached hydrogens (tertiary/aromatic N) is 2. The minimum absolute atomic E-state index is 0.0146. The summed E-state index contributed by atoms with van der Waals surface area (Å²) < 4.78 is 104. The van der Waals surface area contributed by atoms with E-state index in [1.54, 1.807) is 13.0 Å². The van der Waals surface area contributed by atoms with Crippen LogP contribution in [0.3, 0.4) is 0 Å². The number of alkyl halides is 3. The average molecular weight is 648 g/mol. The minimum atomic E-state index is -3.83. The van der Waals surface area contributed by atoms with Crippen molar-refractivity contribution >= 4 is 27.5 Å². The van der Waals surface area contributed by atoms with Crippen molar-refractivity contribution in [2.75, 3.05) is 18.2 Å². The van der Waals surface area contributed by atoms with Crippen LogP contribution in [0.4, 0.5) is 27.8 Å². The van der Waals surface area contributed by atoms with Crippen molar-refractivity contribution in [2.45, 2.75) is 32.1 Å². The van der Waals surface area contributed by atoms with Crippen LogP contribution >= 0.6 is 0 Å². The summed E-state index contributed by atoms with van der Waals surface area (Å²) >= 11 is 0. The van der Waals surface area contributed by atoms with E-state index in [4.69, 9.17) is 10.5 Å². The standard InChI is InChI=1S/C31H26F5N3O5S/c1-17-9-22(43-26-6-3-2-5-24(26)33)14-25(34)28(17)39-30(37)23(15-38-39)29(40)20-10-18-12-21(16-45(41,42)8-4-7-32)27(44-31(35)36)13-19(18)11-20/h2-3,5-6,9,11-15,31H,4,7-8,10,16,37H2,1H3. The Morgan fingerprint density at radius 3 is 2.53 bits per heavy atom. The predicted octanol–water partition coefficient (Wildman–Crippen LogP) is 6.53. The number of sulfone groups is 1. The second-order valence-corrected chi connectivity index (χ2v) is 12.5. The number of Topliss-reactive ketones (excluding diaryl/α,β-unsaturated/α-hetero) is 1. The fourth-order valence-corrected chi connectivity index (χ4v) is 6.43. The molecule has 0 spiro atoms. The lowest BCUT2D eigenvalue weighted by Gasteiger charge is -2.13. The van der Waals surface area contributed by atoms with Crippen molar-refractivity contribution in [3.8, 4) is 22.9 Å². The first-order valence-electron chi connectivity index (χ1n) is 13.6. The number of nitrogen functional groups attached to an aromatic ring is 1. The van der Waals surface area contributed by atoms with E-state index in [2.05, 4.69) is 9.84 Å². The van der Waals surface area contributed by atoms with Gasteiger partial charge in [0.05, 0.1) is 29.9 Å². The molecule has 14 heteroatoms. The molecule has 3 aromatic carbocycles. The fraction of sp³-hybridized carbons (Fsp3) is 0.226. The molecular formula is C31H26F5N3O5S. The fourth-order valence-electron chi connectivity index (χ4n) is 5.04. The van der Waals surface area contributed by atoms with Gasteiger partial charge in [-0.15, -0.1) is 0 Å². The number of hydrogen-bond donors (Lipinski definition) is 1. The maximum absolute atomic E-state index is 15.3. The van der Waals surface area contributed by atoms with Gasteiger partial charge in [0.1, 0.15) is 23.0 Å². The topological polar surface area (TPSA) is 114 Å². The second-order valence-electron chi connectivity index (χ2n) is 10.3. The van der Waals surface area contributed by atoms with Crippen LogP contribution in [-0.4, -0.2) is 43.0 Å². The van der Waals surface area contributed by atoms with Gasteiger partial charge in [-0.05, 0) is 60.4 Å². The number of fused-ring (bicyclic) bond motifs is 1. The summed E-state index contributed by atoms with van der Waals surface area (Å²) in [5.41, 5.74) is 7.44. The van der Waals surface area contributed by atoms with E-state index in [9.17, 15) is 30.8 Å². The maximum atomic E-state index is 15.3. The number of ether oxygens (including phenoxy) is 2. The summed E-state index contributed by atoms with van der Waals surface area (Å²) in [7, 11) is -3.83. The van der Waals surface area contributed by atoms with Crippen molar-refractivity contribution in [1.82, 2.24) is 9.78 Å². The number of benzene rings is 3. The Labute approximate surface area is 254 Å². The summed E-state index contributed by atoms with van der Waals surface area (Å²) in [5, 5.41) is 4.11. The van der Waals surface area contributed by atoms with Gasteiger partial charge in [-0.25, -0.2) is 21.9 Å². The molecule has 1 aromatic heterocycles. The number of carbonyl (C=O) groups is 1. The van der Waals surface area contributed by atoms with Crippen molar-refractivity contribution in [3.63, 3.8) is 0 Å². The quantitative estimate of drug-likeness (QED) is 0.137. The Morgan fingerprint density at radius 1 is 1.09 bits per heavy atom. The summed E-state index contributed by atoms with van der Waals surface area (Å²) in [6.07, 6.45) is 2.39. The van der Waals surface area contributed by atoms with Crippen molar-refractivity contribution < 1.29 is 44.6 Å². The van der Waals surface area contributed by atoms with E-state index in [1.165, 1.54) is 48.7 Å². The Bertz CT molecular complexity index is 1900. The zero-order valence-corrected chi connectivity index (χ0v) is 24.5. The third kappa shape index (κ3) is 6.85. The zero-order chi connectivity index (χ0) is 32.5. The van der Waals surface area contributed by atoms with Crippen molar-refractivity contribution in [1.29, 1.82) is 0 Å². The first-order chi connectivity index (χ1) is 21.4. The lowest BCUT2D eigenvalue weighted by atomic mass is 10.0. The van der Waals surface area contributed by atoms with E-state index in [0.29, 0.717) is 16.7 Å². The van der Waals surface area contributed by atoms with Crippen LogP contribution in [0.25, 0.3) is 11.8 Å². The lowest BCUT2D eigenvalue weighted by molar-refractivity contribution is -0.0503. The van der Waals surface area contributed by atoms with E-state index in [0.717, 1.165) is 10.7 Å². The Morgan fingerprint density at radius 2 is 1.84 bits per heavy atom. The molecule has 0 saturated heterocycles. The molecule has 1 aliphatic carbocycles. The largest absolute Gasteiger partial charge is 0.454 e. The number of nitrogens with two attached hydrogens (primary N) is 1. The molecule has 2 N–H and O–H groups in total. The Balaban J connectivity index is 1.40. The molecule has 0 bridgehead atoms. The van der Waals surface area contributed by atoms with Crippen LogP contribution in [0.2, 0.25) is 0 Å². The van der Waals surface area contributed by atoms with Crippen LogP contribution in [-0.2, 0) is 22.0 Å². The summed E-state index contributed by atoms with van der Waals surface area (Å²) in [5.74, 6) is -3.75. The van der Waals surface area contributed by atoms with E-state index in [1.807, 2.05) is 0 Å². The molecule has 8 nitrogen and oxygen atoms in total. The summed E-state index contributed by atoms with van der Waals surface area (Å²) in [4.78, 5) is 13.5. The van der Waals surface area contributed by atoms with Gasteiger partial charge in [-0.1, -0.05) is 18.2 Å². The SMILES string of the molecule is Cc1cc(Oc2ccccc2F)cc(F)c1-n1ncc(C(=O)C2=Cc3cc(OC(F)F)c(CS(=O)(=O)CCCF)cc3C2)c1N. The Kier molecular flexibility index (Phi) is 8.96. The number of halogens is 5. The van der Waals surface area contributed by atoms with Gasteiger partial charge in [0.15, 0.2) is 33.0 Å². The molecule has 236 valence electrons. The number of aryl methyl sites for hydroxylation is 1. The van der Waals surface area contributed by atoms with E-state index < -0.39 is 52.0 Å². The van der Waals surface area contributed by atoms with Crippen LogP contribution in [0.5, 0.6) is 17.2 Å². The van der Waals surface area contributed by atoms with Crippen LogP contribution in [0.15, 0.2) is 60.3 Å². The monoisotopic (exact) mass is 647 g/mol. The molecule has 4 aromatic rings. The highest BCUT2D eigenvalue weighted by atomic mass is 32.2. The first kappa shape index (κ1) is 31.7.